The number of carbonyl (C=O) groups is 1. The van der Waals surface area contributed by atoms with Gasteiger partial charge in [0.1, 0.15) is 5.60 Å². The van der Waals surface area contributed by atoms with E-state index in [1.165, 1.54) is 18.4 Å². The minimum absolute atomic E-state index is 0.0609. The van der Waals surface area contributed by atoms with E-state index in [2.05, 4.69) is 12.8 Å². The molecule has 0 saturated heterocycles. The third-order valence-electron chi connectivity index (χ3n) is 8.02. The molecule has 0 radical (unpaired) electrons. The maximum atomic E-state index is 11.8. The molecule has 0 bridgehead atoms. The number of hydrogen-bond acceptors (Lipinski definition) is 2. The average molecular weight is 312 g/mol. The van der Waals surface area contributed by atoms with Crippen LogP contribution >= 0.6 is 0 Å². The minimum atomic E-state index is -0.893. The second-order valence-electron chi connectivity index (χ2n) is 8.40. The van der Waals surface area contributed by atoms with Crippen LogP contribution in [0, 0.1) is 41.4 Å². The zero-order valence-electron chi connectivity index (χ0n) is 14.2. The second-order valence-corrected chi connectivity index (χ2v) is 8.40. The third-order valence-corrected chi connectivity index (χ3v) is 8.02. The number of ketones is 1. The third kappa shape index (κ3) is 1.96. The van der Waals surface area contributed by atoms with Crippen LogP contribution in [0.4, 0.5) is 0 Å². The Kier molecular flexibility index (Phi) is 3.50. The molecule has 0 aromatic carbocycles. The first-order valence-electron chi connectivity index (χ1n) is 9.48. The first kappa shape index (κ1) is 15.5. The van der Waals surface area contributed by atoms with E-state index in [0.29, 0.717) is 29.5 Å². The van der Waals surface area contributed by atoms with Gasteiger partial charge in [-0.15, -0.1) is 6.42 Å². The summed E-state index contributed by atoms with van der Waals surface area (Å²) in [6.45, 7) is 2.22. The Bertz CT molecular complexity index is 597. The normalized spacial score (nSPS) is 48.7. The standard InChI is InChI=1S/C21H28O2/c1-3-20-11-9-17-16-8-6-15(22)13-14(16)5-7-18(17)19(20)10-12-21(20,23)4-2/h2,13,16-19,23H,3,5-12H2,1H3/t16-,17?,18+,19?,20-,21-/m1/s1. The summed E-state index contributed by atoms with van der Waals surface area (Å²) < 4.78 is 0. The SMILES string of the molecule is C#C[C@@]1(O)CCC2[C@H]3CCC4=CC(=O)CC[C@H]4C3CC[C@]21CC. The summed E-state index contributed by atoms with van der Waals surface area (Å²) in [6.07, 6.45) is 16.9. The number of allylic oxidation sites excluding steroid dienone is 1. The molecule has 3 saturated carbocycles. The Labute approximate surface area is 139 Å². The summed E-state index contributed by atoms with van der Waals surface area (Å²) in [5.41, 5.74) is 0.474. The van der Waals surface area contributed by atoms with Gasteiger partial charge in [0.15, 0.2) is 5.78 Å². The number of carbonyl (C=O) groups excluding carboxylic acids is 1. The van der Waals surface area contributed by atoms with Crippen LogP contribution in [0.5, 0.6) is 0 Å². The molecule has 2 heteroatoms. The molecule has 23 heavy (non-hydrogen) atoms. The molecule has 2 nitrogen and oxygen atoms in total. The molecule has 0 aromatic heterocycles. The van der Waals surface area contributed by atoms with Gasteiger partial charge in [0.05, 0.1) is 0 Å². The quantitative estimate of drug-likeness (QED) is 0.746. The lowest BCUT2D eigenvalue weighted by Gasteiger charge is -2.55. The summed E-state index contributed by atoms with van der Waals surface area (Å²) in [6, 6.07) is 0. The smallest absolute Gasteiger partial charge is 0.155 e. The molecule has 0 aromatic rings. The van der Waals surface area contributed by atoms with Crippen LogP contribution in [0.25, 0.3) is 0 Å². The number of fused-ring (bicyclic) bond motifs is 5. The Morgan fingerprint density at radius 2 is 2.04 bits per heavy atom. The van der Waals surface area contributed by atoms with E-state index < -0.39 is 5.60 Å². The van der Waals surface area contributed by atoms with Gasteiger partial charge in [-0.25, -0.2) is 0 Å². The number of aliphatic hydroxyl groups is 1. The van der Waals surface area contributed by atoms with Gasteiger partial charge in [-0.1, -0.05) is 18.4 Å². The molecule has 2 unspecified atom stereocenters. The zero-order chi connectivity index (χ0) is 16.2. The van der Waals surface area contributed by atoms with E-state index in [1.807, 2.05) is 6.08 Å². The molecule has 6 atom stereocenters. The van der Waals surface area contributed by atoms with Crippen LogP contribution in [-0.2, 0) is 4.79 Å². The molecule has 1 N–H and O–H groups in total. The van der Waals surface area contributed by atoms with E-state index in [9.17, 15) is 9.90 Å². The fourth-order valence-electron chi connectivity index (χ4n) is 6.96. The van der Waals surface area contributed by atoms with Crippen LogP contribution in [-0.4, -0.2) is 16.5 Å². The fourth-order valence-corrected chi connectivity index (χ4v) is 6.96. The van der Waals surface area contributed by atoms with Gasteiger partial charge < -0.3 is 5.11 Å². The van der Waals surface area contributed by atoms with Crippen molar-refractivity contribution in [3.63, 3.8) is 0 Å². The van der Waals surface area contributed by atoms with E-state index in [4.69, 9.17) is 6.42 Å². The van der Waals surface area contributed by atoms with Gasteiger partial charge in [0.2, 0.25) is 0 Å². The summed E-state index contributed by atoms with van der Waals surface area (Å²) in [5.74, 6) is 5.73. The monoisotopic (exact) mass is 312 g/mol. The molecule has 4 aliphatic rings. The lowest BCUT2D eigenvalue weighted by Crippen LogP contribution is -2.53. The van der Waals surface area contributed by atoms with E-state index in [0.717, 1.165) is 44.9 Å². The molecule has 124 valence electrons. The van der Waals surface area contributed by atoms with Crippen LogP contribution in [0.2, 0.25) is 0 Å². The van der Waals surface area contributed by atoms with Crippen molar-refractivity contribution in [2.24, 2.45) is 29.1 Å². The van der Waals surface area contributed by atoms with Crippen molar-refractivity contribution < 1.29 is 9.90 Å². The Balaban J connectivity index is 1.67. The molecule has 0 amide bonds. The highest BCUT2D eigenvalue weighted by Gasteiger charge is 2.63. The molecule has 0 spiro atoms. The van der Waals surface area contributed by atoms with Crippen molar-refractivity contribution in [2.45, 2.75) is 70.3 Å². The number of hydrogen-bond donors (Lipinski definition) is 1. The van der Waals surface area contributed by atoms with Gasteiger partial charge in [0, 0.05) is 11.8 Å². The van der Waals surface area contributed by atoms with Gasteiger partial charge in [-0.05, 0) is 81.1 Å². The minimum Gasteiger partial charge on any atom is -0.377 e. The van der Waals surface area contributed by atoms with Crippen LogP contribution in [0.3, 0.4) is 0 Å². The summed E-state index contributed by atoms with van der Waals surface area (Å²) in [4.78, 5) is 11.8. The van der Waals surface area contributed by atoms with E-state index in [-0.39, 0.29) is 5.41 Å². The zero-order valence-corrected chi connectivity index (χ0v) is 14.2. The largest absolute Gasteiger partial charge is 0.377 e. The van der Waals surface area contributed by atoms with E-state index in [1.54, 1.807) is 0 Å². The molecular formula is C21H28O2. The van der Waals surface area contributed by atoms with Crippen molar-refractivity contribution in [1.82, 2.24) is 0 Å². The van der Waals surface area contributed by atoms with Crippen molar-refractivity contribution in [3.8, 4) is 12.3 Å². The van der Waals surface area contributed by atoms with Gasteiger partial charge >= 0.3 is 0 Å². The predicted molar refractivity (Wildman–Crippen MR) is 90.5 cm³/mol. The Hall–Kier alpha value is -1.07. The van der Waals surface area contributed by atoms with Gasteiger partial charge in [0.25, 0.3) is 0 Å². The molecule has 3 fully saturated rings. The molecule has 4 rings (SSSR count). The van der Waals surface area contributed by atoms with Crippen molar-refractivity contribution in [3.05, 3.63) is 11.6 Å². The van der Waals surface area contributed by atoms with Crippen LogP contribution in [0.1, 0.15) is 64.7 Å². The van der Waals surface area contributed by atoms with Crippen LogP contribution in [0.15, 0.2) is 11.6 Å². The first-order valence-corrected chi connectivity index (χ1v) is 9.48. The van der Waals surface area contributed by atoms with Crippen molar-refractivity contribution in [2.75, 3.05) is 0 Å². The molecule has 4 aliphatic carbocycles. The number of terminal acetylenes is 1. The highest BCUT2D eigenvalue weighted by Crippen LogP contribution is 2.66. The molecule has 0 aliphatic heterocycles. The van der Waals surface area contributed by atoms with Gasteiger partial charge in [-0.3, -0.25) is 4.79 Å². The second kappa shape index (κ2) is 5.21. The lowest BCUT2D eigenvalue weighted by molar-refractivity contribution is -0.117. The topological polar surface area (TPSA) is 37.3 Å². The Morgan fingerprint density at radius 1 is 1.22 bits per heavy atom. The highest BCUT2D eigenvalue weighted by atomic mass is 16.3. The summed E-state index contributed by atoms with van der Waals surface area (Å²) in [5, 5.41) is 11.1. The molecular weight excluding hydrogens is 284 g/mol. The maximum absolute atomic E-state index is 11.8. The van der Waals surface area contributed by atoms with Crippen molar-refractivity contribution in [1.29, 1.82) is 0 Å². The maximum Gasteiger partial charge on any atom is 0.155 e. The van der Waals surface area contributed by atoms with Crippen molar-refractivity contribution >= 4 is 5.78 Å². The van der Waals surface area contributed by atoms with E-state index >= 15 is 0 Å². The molecule has 0 heterocycles. The highest BCUT2D eigenvalue weighted by molar-refractivity contribution is 5.91. The fraction of sp³-hybridized carbons (Fsp3) is 0.762. The predicted octanol–water partition coefficient (Wildman–Crippen LogP) is 3.88. The summed E-state index contributed by atoms with van der Waals surface area (Å²) >= 11 is 0. The Morgan fingerprint density at radius 3 is 2.78 bits per heavy atom. The first-order chi connectivity index (χ1) is 11.0. The average Bonchev–Trinajstić information content (AvgIpc) is 2.88. The lowest BCUT2D eigenvalue weighted by atomic mass is 9.49. The summed E-state index contributed by atoms with van der Waals surface area (Å²) in [7, 11) is 0. The van der Waals surface area contributed by atoms with Gasteiger partial charge in [-0.2, -0.15) is 0 Å². The number of rotatable bonds is 1. The van der Waals surface area contributed by atoms with Crippen LogP contribution < -0.4 is 0 Å².